The number of benzene rings is 3. The number of carbonyl (C=O) groups is 2. The van der Waals surface area contributed by atoms with Gasteiger partial charge in [0.25, 0.3) is 23.2 Å². The minimum Gasteiger partial charge on any atom is -0.322 e. The number of nitrogens with zero attached hydrogens (tertiary/aromatic N) is 2. The molecule has 0 aliphatic carbocycles. The zero-order valence-electron chi connectivity index (χ0n) is 15.9. The van der Waals surface area contributed by atoms with Crippen molar-refractivity contribution in [2.24, 2.45) is 0 Å². The first-order valence-electron chi connectivity index (χ1n) is 8.76. The maximum absolute atomic E-state index is 12.4. The SMILES string of the molecule is O=C(Nc1ccc(NC(=O)c2cc([N+](=O)[O-])ccc2Cl)cc1)c1cc([N+](=O)[O-])ccc1Cl. The lowest BCUT2D eigenvalue weighted by atomic mass is 10.1. The minimum atomic E-state index is -0.654. The fraction of sp³-hybridized carbons (Fsp3) is 0. The zero-order valence-corrected chi connectivity index (χ0v) is 17.4. The lowest BCUT2D eigenvalue weighted by Gasteiger charge is -2.09. The quantitative estimate of drug-likeness (QED) is 0.365. The molecule has 10 nitrogen and oxygen atoms in total. The molecule has 3 rings (SSSR count). The second kappa shape index (κ2) is 9.41. The first-order chi connectivity index (χ1) is 15.2. The Kier molecular flexibility index (Phi) is 6.67. The third kappa shape index (κ3) is 5.17. The van der Waals surface area contributed by atoms with E-state index >= 15 is 0 Å². The monoisotopic (exact) mass is 474 g/mol. The molecule has 0 saturated carbocycles. The van der Waals surface area contributed by atoms with Gasteiger partial charge >= 0.3 is 0 Å². The predicted octanol–water partition coefficient (Wildman–Crippen LogP) is 5.31. The molecular weight excluding hydrogens is 463 g/mol. The highest BCUT2D eigenvalue weighted by Gasteiger charge is 2.17. The van der Waals surface area contributed by atoms with Gasteiger partial charge < -0.3 is 10.6 Å². The molecule has 0 aliphatic rings. The molecule has 2 N–H and O–H groups in total. The number of nitro benzene ring substituents is 2. The number of amides is 2. The Morgan fingerprint density at radius 3 is 1.31 bits per heavy atom. The summed E-state index contributed by atoms with van der Waals surface area (Å²) in [6.07, 6.45) is 0. The Balaban J connectivity index is 1.72. The summed E-state index contributed by atoms with van der Waals surface area (Å²) in [5.74, 6) is -1.31. The summed E-state index contributed by atoms with van der Waals surface area (Å²) in [7, 11) is 0. The zero-order chi connectivity index (χ0) is 23.4. The molecule has 0 atom stereocenters. The maximum Gasteiger partial charge on any atom is 0.270 e. The normalized spacial score (nSPS) is 10.3. The van der Waals surface area contributed by atoms with E-state index in [0.717, 1.165) is 12.1 Å². The Morgan fingerprint density at radius 2 is 1.00 bits per heavy atom. The van der Waals surface area contributed by atoms with Crippen LogP contribution < -0.4 is 10.6 Å². The van der Waals surface area contributed by atoms with Crippen molar-refractivity contribution in [3.63, 3.8) is 0 Å². The van der Waals surface area contributed by atoms with Gasteiger partial charge in [-0.3, -0.25) is 29.8 Å². The van der Waals surface area contributed by atoms with Gasteiger partial charge in [-0.2, -0.15) is 0 Å². The van der Waals surface area contributed by atoms with E-state index in [2.05, 4.69) is 10.6 Å². The van der Waals surface area contributed by atoms with Gasteiger partial charge in [0.2, 0.25) is 0 Å². The highest BCUT2D eigenvalue weighted by molar-refractivity contribution is 6.35. The summed E-state index contributed by atoms with van der Waals surface area (Å²) in [6.45, 7) is 0. The van der Waals surface area contributed by atoms with Gasteiger partial charge in [0.1, 0.15) is 0 Å². The number of rotatable bonds is 6. The Hall–Kier alpha value is -4.02. The topological polar surface area (TPSA) is 144 Å². The summed E-state index contributed by atoms with van der Waals surface area (Å²) in [5.41, 5.74) is -0.0279. The summed E-state index contributed by atoms with van der Waals surface area (Å²) in [4.78, 5) is 45.4. The van der Waals surface area contributed by atoms with Crippen LogP contribution in [0.1, 0.15) is 20.7 Å². The van der Waals surface area contributed by atoms with E-state index in [0.29, 0.717) is 11.4 Å². The van der Waals surface area contributed by atoms with Crippen molar-refractivity contribution in [2.75, 3.05) is 10.6 Å². The summed E-state index contributed by atoms with van der Waals surface area (Å²) in [5, 5.41) is 27.0. The molecule has 0 fully saturated rings. The molecule has 0 spiro atoms. The smallest absolute Gasteiger partial charge is 0.270 e. The summed E-state index contributed by atoms with van der Waals surface area (Å²) in [6, 6.07) is 12.9. The van der Waals surface area contributed by atoms with Crippen molar-refractivity contribution in [1.29, 1.82) is 0 Å². The van der Waals surface area contributed by atoms with Crippen LogP contribution in [0.2, 0.25) is 10.0 Å². The van der Waals surface area contributed by atoms with E-state index < -0.39 is 21.7 Å². The molecule has 3 aromatic carbocycles. The lowest BCUT2D eigenvalue weighted by molar-refractivity contribution is -0.385. The van der Waals surface area contributed by atoms with Gasteiger partial charge in [-0.15, -0.1) is 0 Å². The van der Waals surface area contributed by atoms with E-state index in [1.807, 2.05) is 0 Å². The molecule has 0 aliphatic heterocycles. The van der Waals surface area contributed by atoms with Gasteiger partial charge in [0.15, 0.2) is 0 Å². The minimum absolute atomic E-state index is 0.0471. The molecule has 0 unspecified atom stereocenters. The molecule has 0 bridgehead atoms. The Labute approximate surface area is 190 Å². The molecular formula is C20H12Cl2N4O6. The number of anilines is 2. The largest absolute Gasteiger partial charge is 0.322 e. The average molecular weight is 475 g/mol. The molecule has 0 heterocycles. The molecule has 32 heavy (non-hydrogen) atoms. The van der Waals surface area contributed by atoms with Crippen LogP contribution in [-0.4, -0.2) is 21.7 Å². The van der Waals surface area contributed by atoms with Gasteiger partial charge in [-0.25, -0.2) is 0 Å². The first-order valence-corrected chi connectivity index (χ1v) is 9.52. The summed E-state index contributed by atoms with van der Waals surface area (Å²) < 4.78 is 0. The highest BCUT2D eigenvalue weighted by Crippen LogP contribution is 2.25. The van der Waals surface area contributed by atoms with Crippen LogP contribution in [0.5, 0.6) is 0 Å². The second-order valence-corrected chi connectivity index (χ2v) is 7.14. The van der Waals surface area contributed by atoms with E-state index in [-0.39, 0.29) is 32.5 Å². The van der Waals surface area contributed by atoms with Crippen LogP contribution in [0.25, 0.3) is 0 Å². The predicted molar refractivity (Wildman–Crippen MR) is 119 cm³/mol. The molecule has 2 amide bonds. The van der Waals surface area contributed by atoms with Crippen LogP contribution in [0, 0.1) is 20.2 Å². The van der Waals surface area contributed by atoms with Gasteiger partial charge in [0.05, 0.1) is 31.0 Å². The van der Waals surface area contributed by atoms with Crippen LogP contribution in [0.3, 0.4) is 0 Å². The second-order valence-electron chi connectivity index (χ2n) is 6.33. The van der Waals surface area contributed by atoms with Crippen LogP contribution >= 0.6 is 23.2 Å². The lowest BCUT2D eigenvalue weighted by Crippen LogP contribution is -2.14. The van der Waals surface area contributed by atoms with Crippen LogP contribution in [0.4, 0.5) is 22.7 Å². The number of nitro groups is 2. The average Bonchev–Trinajstić information content (AvgIpc) is 2.75. The van der Waals surface area contributed by atoms with Crippen molar-refractivity contribution in [3.05, 3.63) is 102 Å². The molecule has 12 heteroatoms. The fourth-order valence-electron chi connectivity index (χ4n) is 2.64. The number of non-ortho nitro benzene ring substituents is 2. The van der Waals surface area contributed by atoms with Gasteiger partial charge in [0, 0.05) is 35.6 Å². The van der Waals surface area contributed by atoms with Gasteiger partial charge in [-0.1, -0.05) is 23.2 Å². The molecule has 3 aromatic rings. The van der Waals surface area contributed by atoms with Crippen molar-refractivity contribution in [2.45, 2.75) is 0 Å². The van der Waals surface area contributed by atoms with Crippen LogP contribution in [-0.2, 0) is 0 Å². The number of halogens is 2. The van der Waals surface area contributed by atoms with Crippen molar-refractivity contribution < 1.29 is 19.4 Å². The standard InChI is InChI=1S/C20H12Cl2N4O6/c21-17-7-5-13(25(29)30)9-15(17)19(27)23-11-1-2-12(4-3-11)24-20(28)16-10-14(26(31)32)6-8-18(16)22/h1-10H,(H,23,27)(H,24,28). The van der Waals surface area contributed by atoms with E-state index in [9.17, 15) is 29.8 Å². The first kappa shape index (κ1) is 22.7. The number of hydrogen-bond acceptors (Lipinski definition) is 6. The van der Waals surface area contributed by atoms with Crippen molar-refractivity contribution in [3.8, 4) is 0 Å². The van der Waals surface area contributed by atoms with E-state index in [1.54, 1.807) is 0 Å². The Morgan fingerprint density at radius 1 is 0.656 bits per heavy atom. The third-order valence-corrected chi connectivity index (χ3v) is 4.87. The van der Waals surface area contributed by atoms with Crippen molar-refractivity contribution >= 4 is 57.8 Å². The fourth-order valence-corrected chi connectivity index (χ4v) is 3.04. The van der Waals surface area contributed by atoms with Gasteiger partial charge in [-0.05, 0) is 36.4 Å². The molecule has 162 valence electrons. The van der Waals surface area contributed by atoms with E-state index in [1.165, 1.54) is 48.5 Å². The molecule has 0 aromatic heterocycles. The van der Waals surface area contributed by atoms with Crippen LogP contribution in [0.15, 0.2) is 60.7 Å². The molecule has 0 radical (unpaired) electrons. The molecule has 0 saturated heterocycles. The summed E-state index contributed by atoms with van der Waals surface area (Å²) >= 11 is 11.9. The third-order valence-electron chi connectivity index (χ3n) is 4.21. The number of carbonyl (C=O) groups excluding carboxylic acids is 2. The number of nitrogens with one attached hydrogen (secondary N) is 2. The maximum atomic E-state index is 12.4. The highest BCUT2D eigenvalue weighted by atomic mass is 35.5. The Bertz CT molecular complexity index is 1150. The number of hydrogen-bond donors (Lipinski definition) is 2. The van der Waals surface area contributed by atoms with E-state index in [4.69, 9.17) is 23.2 Å². The van der Waals surface area contributed by atoms with Crippen molar-refractivity contribution in [1.82, 2.24) is 0 Å².